The molecule has 1 N–H and O–H groups in total. The van der Waals surface area contributed by atoms with E-state index in [1.54, 1.807) is 29.2 Å². The van der Waals surface area contributed by atoms with E-state index in [0.717, 1.165) is 28.5 Å². The Bertz CT molecular complexity index is 1150. The summed E-state index contributed by atoms with van der Waals surface area (Å²) in [6.07, 6.45) is 3.94. The van der Waals surface area contributed by atoms with Gasteiger partial charge in [0.25, 0.3) is 0 Å². The first-order valence-corrected chi connectivity index (χ1v) is 12.1. The maximum absolute atomic E-state index is 13.3. The molecular weight excluding hydrogens is 396 g/mol. The van der Waals surface area contributed by atoms with Gasteiger partial charge in [0.2, 0.25) is 5.91 Å². The van der Waals surface area contributed by atoms with Gasteiger partial charge in [0, 0.05) is 30.2 Å². The standard InChI is InChI=1S/C24H28N2O3S/c1-3-18-14-23(30(28,29)20-10-8-17(2)9-11-20)24(27)26(16-18)13-12-19-15-25-22-7-5-4-6-21(19)22/h4-11,15,18,23,25H,3,12-14,16H2,1-2H3. The van der Waals surface area contributed by atoms with Gasteiger partial charge in [0.05, 0.1) is 4.90 Å². The van der Waals surface area contributed by atoms with Crippen molar-refractivity contribution in [2.45, 2.75) is 43.3 Å². The third kappa shape index (κ3) is 3.88. The van der Waals surface area contributed by atoms with Gasteiger partial charge in [-0.2, -0.15) is 0 Å². The summed E-state index contributed by atoms with van der Waals surface area (Å²) >= 11 is 0. The van der Waals surface area contributed by atoms with Crippen molar-refractivity contribution < 1.29 is 13.2 Å². The molecule has 3 aromatic rings. The Labute approximate surface area is 178 Å². The van der Waals surface area contributed by atoms with E-state index in [0.29, 0.717) is 25.9 Å². The Hall–Kier alpha value is -2.60. The van der Waals surface area contributed by atoms with E-state index >= 15 is 0 Å². The molecule has 0 aliphatic carbocycles. The Morgan fingerprint density at radius 3 is 2.57 bits per heavy atom. The number of carbonyl (C=O) groups excluding carboxylic acids is 1. The number of sulfone groups is 1. The third-order valence-corrected chi connectivity index (χ3v) is 8.31. The molecule has 0 spiro atoms. The first-order chi connectivity index (χ1) is 14.4. The number of likely N-dealkylation sites (tertiary alicyclic amines) is 1. The zero-order valence-electron chi connectivity index (χ0n) is 17.5. The van der Waals surface area contributed by atoms with Crippen LogP contribution < -0.4 is 0 Å². The fourth-order valence-corrected chi connectivity index (χ4v) is 6.11. The van der Waals surface area contributed by atoms with Crippen molar-refractivity contribution in [1.29, 1.82) is 0 Å². The van der Waals surface area contributed by atoms with Gasteiger partial charge in [-0.15, -0.1) is 0 Å². The molecular formula is C24H28N2O3S. The van der Waals surface area contributed by atoms with E-state index in [1.165, 1.54) is 0 Å². The predicted molar refractivity (Wildman–Crippen MR) is 119 cm³/mol. The number of carbonyl (C=O) groups is 1. The van der Waals surface area contributed by atoms with E-state index in [1.807, 2.05) is 31.3 Å². The molecule has 4 rings (SSSR count). The van der Waals surface area contributed by atoms with Crippen LogP contribution in [0.1, 0.15) is 30.9 Å². The first kappa shape index (κ1) is 20.7. The van der Waals surface area contributed by atoms with Gasteiger partial charge in [-0.25, -0.2) is 8.42 Å². The monoisotopic (exact) mass is 424 g/mol. The quantitative estimate of drug-likeness (QED) is 0.647. The number of hydrogen-bond acceptors (Lipinski definition) is 3. The SMILES string of the molecule is CCC1CC(S(=O)(=O)c2ccc(C)cc2)C(=O)N(CCc2c[nH]c3ccccc23)C1. The largest absolute Gasteiger partial charge is 0.361 e. The molecule has 1 aromatic heterocycles. The minimum absolute atomic E-state index is 0.191. The summed E-state index contributed by atoms with van der Waals surface area (Å²) in [7, 11) is -3.71. The molecule has 30 heavy (non-hydrogen) atoms. The zero-order chi connectivity index (χ0) is 21.3. The van der Waals surface area contributed by atoms with Gasteiger partial charge in [-0.05, 0) is 49.4 Å². The summed E-state index contributed by atoms with van der Waals surface area (Å²) in [5.41, 5.74) is 3.22. The summed E-state index contributed by atoms with van der Waals surface area (Å²) in [6, 6.07) is 14.9. The minimum atomic E-state index is -3.71. The van der Waals surface area contributed by atoms with Gasteiger partial charge in [0.1, 0.15) is 5.25 Å². The molecule has 2 aromatic carbocycles. The number of nitrogens with zero attached hydrogens (tertiary/aromatic N) is 1. The van der Waals surface area contributed by atoms with Crippen molar-refractivity contribution in [3.05, 3.63) is 65.9 Å². The second-order valence-corrected chi connectivity index (χ2v) is 10.4. The highest BCUT2D eigenvalue weighted by Crippen LogP contribution is 2.30. The van der Waals surface area contributed by atoms with E-state index in [9.17, 15) is 13.2 Å². The van der Waals surface area contributed by atoms with Gasteiger partial charge < -0.3 is 9.88 Å². The van der Waals surface area contributed by atoms with Crippen LogP contribution in [0.15, 0.2) is 59.6 Å². The molecule has 1 aliphatic heterocycles. The van der Waals surface area contributed by atoms with Crippen LogP contribution in [0.4, 0.5) is 0 Å². The van der Waals surface area contributed by atoms with E-state index < -0.39 is 15.1 Å². The molecule has 5 nitrogen and oxygen atoms in total. The lowest BCUT2D eigenvalue weighted by atomic mass is 9.94. The summed E-state index contributed by atoms with van der Waals surface area (Å²) in [6.45, 7) is 5.13. The van der Waals surface area contributed by atoms with Crippen LogP contribution in [-0.2, 0) is 21.1 Å². The second-order valence-electron chi connectivity index (χ2n) is 8.25. The molecule has 2 unspecified atom stereocenters. The summed E-state index contributed by atoms with van der Waals surface area (Å²) in [4.78, 5) is 18.5. The Balaban J connectivity index is 1.56. The molecule has 0 radical (unpaired) electrons. The number of aromatic nitrogens is 1. The van der Waals surface area contributed by atoms with Crippen molar-refractivity contribution in [1.82, 2.24) is 9.88 Å². The highest BCUT2D eigenvalue weighted by Gasteiger charge is 2.42. The number of hydrogen-bond donors (Lipinski definition) is 1. The lowest BCUT2D eigenvalue weighted by Gasteiger charge is -2.36. The van der Waals surface area contributed by atoms with Crippen LogP contribution in [0.25, 0.3) is 10.9 Å². The summed E-state index contributed by atoms with van der Waals surface area (Å²) in [5.74, 6) is -0.0731. The Morgan fingerprint density at radius 2 is 1.83 bits per heavy atom. The number of aryl methyl sites for hydroxylation is 1. The number of amides is 1. The Kier molecular flexibility index (Phi) is 5.69. The number of nitrogens with one attached hydrogen (secondary N) is 1. The third-order valence-electron chi connectivity index (χ3n) is 6.24. The van der Waals surface area contributed by atoms with Crippen molar-refractivity contribution in [2.24, 2.45) is 5.92 Å². The van der Waals surface area contributed by atoms with E-state index in [2.05, 4.69) is 18.0 Å². The maximum Gasteiger partial charge on any atom is 0.241 e. The lowest BCUT2D eigenvalue weighted by Crippen LogP contribution is -2.51. The molecule has 2 heterocycles. The lowest BCUT2D eigenvalue weighted by molar-refractivity contribution is -0.134. The summed E-state index contributed by atoms with van der Waals surface area (Å²) < 4.78 is 26.5. The number of fused-ring (bicyclic) bond motifs is 1. The number of aromatic amines is 1. The van der Waals surface area contributed by atoms with E-state index in [4.69, 9.17) is 0 Å². The van der Waals surface area contributed by atoms with E-state index in [-0.39, 0.29) is 16.7 Å². The minimum Gasteiger partial charge on any atom is -0.361 e. The molecule has 6 heteroatoms. The molecule has 1 saturated heterocycles. The van der Waals surface area contributed by atoms with Gasteiger partial charge in [0.15, 0.2) is 9.84 Å². The average molecular weight is 425 g/mol. The molecule has 0 saturated carbocycles. The highest BCUT2D eigenvalue weighted by molar-refractivity contribution is 7.92. The van der Waals surface area contributed by atoms with Gasteiger partial charge in [-0.3, -0.25) is 4.79 Å². The van der Waals surface area contributed by atoms with Crippen LogP contribution in [0, 0.1) is 12.8 Å². The van der Waals surface area contributed by atoms with Gasteiger partial charge in [-0.1, -0.05) is 49.2 Å². The van der Waals surface area contributed by atoms with Crippen molar-refractivity contribution >= 4 is 26.6 Å². The Morgan fingerprint density at radius 1 is 1.10 bits per heavy atom. The van der Waals surface area contributed by atoms with Gasteiger partial charge >= 0.3 is 0 Å². The number of benzene rings is 2. The molecule has 1 amide bonds. The zero-order valence-corrected chi connectivity index (χ0v) is 18.3. The fraction of sp³-hybridized carbons (Fsp3) is 0.375. The topological polar surface area (TPSA) is 70.2 Å². The first-order valence-electron chi connectivity index (χ1n) is 10.5. The molecule has 2 atom stereocenters. The number of para-hydroxylation sites is 1. The summed E-state index contributed by atoms with van der Waals surface area (Å²) in [5, 5.41) is 0.153. The van der Waals surface area contributed by atoms with Crippen molar-refractivity contribution in [2.75, 3.05) is 13.1 Å². The van der Waals surface area contributed by atoms with Crippen molar-refractivity contribution in [3.8, 4) is 0 Å². The molecule has 158 valence electrons. The predicted octanol–water partition coefficient (Wildman–Crippen LogP) is 4.12. The van der Waals surface area contributed by atoms with Crippen LogP contribution in [0.2, 0.25) is 0 Å². The second kappa shape index (κ2) is 8.26. The molecule has 1 aliphatic rings. The maximum atomic E-state index is 13.3. The van der Waals surface area contributed by atoms with Crippen molar-refractivity contribution in [3.63, 3.8) is 0 Å². The number of rotatable bonds is 6. The van der Waals surface area contributed by atoms with Crippen LogP contribution in [0.3, 0.4) is 0 Å². The number of H-pyrrole nitrogens is 1. The molecule has 0 bridgehead atoms. The van der Waals surface area contributed by atoms with Crippen LogP contribution >= 0.6 is 0 Å². The average Bonchev–Trinajstić information content (AvgIpc) is 3.16. The highest BCUT2D eigenvalue weighted by atomic mass is 32.2. The molecule has 1 fully saturated rings. The smallest absolute Gasteiger partial charge is 0.241 e. The number of piperidine rings is 1. The van der Waals surface area contributed by atoms with Crippen LogP contribution in [0.5, 0.6) is 0 Å². The normalized spacial score (nSPS) is 20.1. The van der Waals surface area contributed by atoms with Crippen LogP contribution in [-0.4, -0.2) is 42.5 Å². The fourth-order valence-electron chi connectivity index (χ4n) is 4.33.